The number of halogens is 2. The molecule has 198 valence electrons. The SMILES string of the molecule is CN1C/C(=C\c2ccc(F)cc2)C(=O)[C@]2(C1)[C@@H](c1ccc(F)cc1)[C@@H]1CSCN1[C@@]21C(=O)Nc2ccccc21. The summed E-state index contributed by atoms with van der Waals surface area (Å²) in [5.41, 5.74) is 1.29. The van der Waals surface area contributed by atoms with Gasteiger partial charge in [0.2, 0.25) is 0 Å². The number of amides is 1. The predicted molar refractivity (Wildman–Crippen MR) is 148 cm³/mol. The number of fused-ring (bicyclic) bond motifs is 5. The Balaban J connectivity index is 1.52. The molecule has 0 saturated carbocycles. The van der Waals surface area contributed by atoms with E-state index in [1.165, 1.54) is 24.3 Å². The second kappa shape index (κ2) is 8.84. The topological polar surface area (TPSA) is 52.7 Å². The van der Waals surface area contributed by atoms with E-state index in [-0.39, 0.29) is 35.3 Å². The molecule has 1 amide bonds. The van der Waals surface area contributed by atoms with Crippen molar-refractivity contribution >= 4 is 35.2 Å². The molecule has 4 atom stereocenters. The van der Waals surface area contributed by atoms with Crippen LogP contribution in [0.1, 0.15) is 22.6 Å². The maximum Gasteiger partial charge on any atom is 0.250 e. The van der Waals surface area contributed by atoms with Crippen molar-refractivity contribution in [3.05, 3.63) is 107 Å². The third-order valence-electron chi connectivity index (χ3n) is 8.90. The number of nitrogens with one attached hydrogen (secondary N) is 1. The molecule has 4 aliphatic rings. The third-order valence-corrected chi connectivity index (χ3v) is 9.94. The minimum absolute atomic E-state index is 0.0782. The standard InChI is InChI=1S/C31H27F2N3O2S/c1-35-15-21(14-19-6-10-22(32)11-7-19)28(37)30(17-35)27(20-8-12-23(33)13-9-20)26-16-39-18-36(26)31(30)24-4-2-3-5-25(24)34-29(31)38/h2-14,26-27H,15-18H2,1H3,(H,34,38)/b21-14+/t26-,27-,30-,31-/m0/s1. The van der Waals surface area contributed by atoms with Crippen LogP contribution in [0.25, 0.3) is 6.08 Å². The van der Waals surface area contributed by atoms with Crippen molar-refractivity contribution < 1.29 is 18.4 Å². The number of likely N-dealkylation sites (N-methyl/N-ethyl adjacent to an activating group) is 1. The summed E-state index contributed by atoms with van der Waals surface area (Å²) in [5.74, 6) is 0.0674. The lowest BCUT2D eigenvalue weighted by atomic mass is 9.55. The molecule has 0 unspecified atom stereocenters. The Kier molecular flexibility index (Phi) is 5.60. The molecule has 4 heterocycles. The third kappa shape index (κ3) is 3.31. The van der Waals surface area contributed by atoms with Gasteiger partial charge in [0.15, 0.2) is 5.78 Å². The number of piperidine rings is 1. The van der Waals surface area contributed by atoms with E-state index < -0.39 is 11.0 Å². The smallest absolute Gasteiger partial charge is 0.250 e. The van der Waals surface area contributed by atoms with Crippen LogP contribution in [-0.2, 0) is 15.1 Å². The van der Waals surface area contributed by atoms with Crippen molar-refractivity contribution in [2.24, 2.45) is 5.41 Å². The first-order valence-electron chi connectivity index (χ1n) is 13.1. The molecule has 3 saturated heterocycles. The first-order chi connectivity index (χ1) is 18.9. The highest BCUT2D eigenvalue weighted by atomic mass is 32.2. The van der Waals surface area contributed by atoms with Crippen LogP contribution in [0, 0.1) is 17.0 Å². The Labute approximate surface area is 229 Å². The maximum absolute atomic E-state index is 15.1. The number of carbonyl (C=O) groups is 2. The van der Waals surface area contributed by atoms with Crippen LogP contribution in [0.15, 0.2) is 78.4 Å². The van der Waals surface area contributed by atoms with Gasteiger partial charge in [-0.15, -0.1) is 11.8 Å². The second-order valence-corrected chi connectivity index (χ2v) is 12.0. The van der Waals surface area contributed by atoms with Crippen molar-refractivity contribution in [3.8, 4) is 0 Å². The zero-order chi connectivity index (χ0) is 26.9. The molecular weight excluding hydrogens is 516 g/mol. The fourth-order valence-corrected chi connectivity index (χ4v) is 8.93. The molecule has 7 rings (SSSR count). The lowest BCUT2D eigenvalue weighted by molar-refractivity contribution is -0.146. The highest BCUT2D eigenvalue weighted by molar-refractivity contribution is 7.99. The number of nitrogens with zero attached hydrogens (tertiary/aromatic N) is 2. The van der Waals surface area contributed by atoms with Crippen LogP contribution >= 0.6 is 11.8 Å². The maximum atomic E-state index is 15.1. The normalized spacial score (nSPS) is 31.3. The molecule has 0 bridgehead atoms. The van der Waals surface area contributed by atoms with Crippen LogP contribution in [0.5, 0.6) is 0 Å². The van der Waals surface area contributed by atoms with Gasteiger partial charge in [-0.3, -0.25) is 14.5 Å². The predicted octanol–water partition coefficient (Wildman–Crippen LogP) is 4.87. The van der Waals surface area contributed by atoms with Gasteiger partial charge in [-0.1, -0.05) is 42.5 Å². The molecule has 0 aromatic heterocycles. The lowest BCUT2D eigenvalue weighted by Crippen LogP contribution is -2.65. The molecule has 1 N–H and O–H groups in total. The second-order valence-electron chi connectivity index (χ2n) is 11.0. The molecule has 39 heavy (non-hydrogen) atoms. The monoisotopic (exact) mass is 543 g/mol. The quantitative estimate of drug-likeness (QED) is 0.468. The van der Waals surface area contributed by atoms with Crippen molar-refractivity contribution in [2.45, 2.75) is 17.5 Å². The fourth-order valence-electron chi connectivity index (χ4n) is 7.63. The van der Waals surface area contributed by atoms with Crippen LogP contribution in [-0.4, -0.2) is 59.3 Å². The molecule has 2 spiro atoms. The van der Waals surface area contributed by atoms with E-state index >= 15 is 4.79 Å². The lowest BCUT2D eigenvalue weighted by Gasteiger charge is -2.51. The largest absolute Gasteiger partial charge is 0.324 e. The summed E-state index contributed by atoms with van der Waals surface area (Å²) >= 11 is 1.76. The van der Waals surface area contributed by atoms with Crippen molar-refractivity contribution in [2.75, 3.05) is 37.1 Å². The first kappa shape index (κ1) is 24.7. The van der Waals surface area contributed by atoms with Gasteiger partial charge < -0.3 is 10.2 Å². The van der Waals surface area contributed by atoms with Crippen molar-refractivity contribution in [1.29, 1.82) is 0 Å². The molecular formula is C31H27F2N3O2S. The van der Waals surface area contributed by atoms with E-state index in [9.17, 15) is 13.6 Å². The highest BCUT2D eigenvalue weighted by Gasteiger charge is 2.78. The van der Waals surface area contributed by atoms with Gasteiger partial charge in [0.1, 0.15) is 17.2 Å². The Hall–Kier alpha value is -3.33. The number of Topliss-reactive ketones (excluding diaryl/α,β-unsaturated/α-hetero) is 1. The number of anilines is 1. The Morgan fingerprint density at radius 3 is 2.41 bits per heavy atom. The van der Waals surface area contributed by atoms with E-state index in [0.29, 0.717) is 24.5 Å². The van der Waals surface area contributed by atoms with E-state index in [1.54, 1.807) is 36.0 Å². The van der Waals surface area contributed by atoms with E-state index in [0.717, 1.165) is 28.1 Å². The summed E-state index contributed by atoms with van der Waals surface area (Å²) in [6.07, 6.45) is 1.82. The summed E-state index contributed by atoms with van der Waals surface area (Å²) in [5, 5.41) is 3.12. The minimum Gasteiger partial charge on any atom is -0.324 e. The number of hydrogen-bond acceptors (Lipinski definition) is 5. The van der Waals surface area contributed by atoms with Crippen LogP contribution in [0.2, 0.25) is 0 Å². The number of carbonyl (C=O) groups excluding carboxylic acids is 2. The van der Waals surface area contributed by atoms with Gasteiger partial charge in [-0.05, 0) is 54.6 Å². The van der Waals surface area contributed by atoms with Gasteiger partial charge in [0.05, 0.1) is 5.41 Å². The first-order valence-corrected chi connectivity index (χ1v) is 14.2. The molecule has 0 aliphatic carbocycles. The van der Waals surface area contributed by atoms with Crippen LogP contribution in [0.4, 0.5) is 14.5 Å². The van der Waals surface area contributed by atoms with E-state index in [2.05, 4.69) is 15.1 Å². The molecule has 5 nitrogen and oxygen atoms in total. The zero-order valence-corrected chi connectivity index (χ0v) is 22.2. The molecule has 8 heteroatoms. The number of likely N-dealkylation sites (tertiary alicyclic amines) is 1. The average molecular weight is 544 g/mol. The summed E-state index contributed by atoms with van der Waals surface area (Å²) in [7, 11) is 1.97. The number of para-hydroxylation sites is 1. The molecule has 3 aromatic rings. The zero-order valence-electron chi connectivity index (χ0n) is 21.4. The number of thioether (sulfide) groups is 1. The van der Waals surface area contributed by atoms with Gasteiger partial charge in [-0.25, -0.2) is 8.78 Å². The van der Waals surface area contributed by atoms with Gasteiger partial charge in [-0.2, -0.15) is 0 Å². The van der Waals surface area contributed by atoms with Gasteiger partial charge in [0.25, 0.3) is 5.91 Å². The molecule has 0 radical (unpaired) electrons. The van der Waals surface area contributed by atoms with Gasteiger partial charge >= 0.3 is 0 Å². The Bertz CT molecular complexity index is 1530. The summed E-state index contributed by atoms with van der Waals surface area (Å²) in [6, 6.07) is 20.1. The number of ketones is 1. The Morgan fingerprint density at radius 1 is 0.974 bits per heavy atom. The summed E-state index contributed by atoms with van der Waals surface area (Å²) in [6.45, 7) is 0.779. The number of rotatable bonds is 2. The number of hydrogen-bond donors (Lipinski definition) is 1. The average Bonchev–Trinajstić information content (AvgIpc) is 3.57. The van der Waals surface area contributed by atoms with Crippen molar-refractivity contribution in [1.82, 2.24) is 9.80 Å². The van der Waals surface area contributed by atoms with Crippen LogP contribution in [0.3, 0.4) is 0 Å². The fraction of sp³-hybridized carbons (Fsp3) is 0.290. The molecule has 3 fully saturated rings. The summed E-state index contributed by atoms with van der Waals surface area (Å²) < 4.78 is 27.8. The summed E-state index contributed by atoms with van der Waals surface area (Å²) in [4.78, 5) is 33.9. The van der Waals surface area contributed by atoms with Crippen LogP contribution < -0.4 is 5.32 Å². The van der Waals surface area contributed by atoms with E-state index in [4.69, 9.17) is 0 Å². The highest BCUT2D eigenvalue weighted by Crippen LogP contribution is 2.68. The Morgan fingerprint density at radius 2 is 1.67 bits per heavy atom. The number of benzene rings is 3. The molecule has 4 aliphatic heterocycles. The molecule has 3 aromatic carbocycles. The van der Waals surface area contributed by atoms with Crippen molar-refractivity contribution in [3.63, 3.8) is 0 Å². The minimum atomic E-state index is -1.23. The van der Waals surface area contributed by atoms with Gasteiger partial charge in [0, 0.05) is 53.5 Å². The van der Waals surface area contributed by atoms with E-state index in [1.807, 2.05) is 37.4 Å².